The molecule has 1 aliphatic carbocycles. The van der Waals surface area contributed by atoms with Gasteiger partial charge in [0.2, 0.25) is 0 Å². The summed E-state index contributed by atoms with van der Waals surface area (Å²) in [6.07, 6.45) is 3.95. The Labute approximate surface area is 67.0 Å². The van der Waals surface area contributed by atoms with Crippen molar-refractivity contribution in [1.82, 2.24) is 0 Å². The Balaban J connectivity index is 2.54. The van der Waals surface area contributed by atoms with Crippen molar-refractivity contribution in [2.45, 2.75) is 39.0 Å². The van der Waals surface area contributed by atoms with Crippen LogP contribution in [0.3, 0.4) is 0 Å². The lowest BCUT2D eigenvalue weighted by Crippen LogP contribution is -2.26. The first-order chi connectivity index (χ1) is 5.25. The Hall–Kier alpha value is -0.660. The van der Waals surface area contributed by atoms with E-state index in [1.54, 1.807) is 0 Å². The van der Waals surface area contributed by atoms with Crippen molar-refractivity contribution in [3.05, 3.63) is 0 Å². The van der Waals surface area contributed by atoms with Gasteiger partial charge < -0.3 is 0 Å². The second-order valence-electron chi connectivity index (χ2n) is 3.08. The van der Waals surface area contributed by atoms with Gasteiger partial charge in [0, 0.05) is 12.8 Å². The summed E-state index contributed by atoms with van der Waals surface area (Å²) in [4.78, 5) is 22.3. The maximum atomic E-state index is 11.2. The molecule has 1 rings (SSSR count). The van der Waals surface area contributed by atoms with Gasteiger partial charge >= 0.3 is 0 Å². The lowest BCUT2D eigenvalue weighted by molar-refractivity contribution is -0.134. The summed E-state index contributed by atoms with van der Waals surface area (Å²) >= 11 is 0. The van der Waals surface area contributed by atoms with E-state index >= 15 is 0 Å². The molecule has 1 fully saturated rings. The van der Waals surface area contributed by atoms with Gasteiger partial charge in [0.05, 0.1) is 5.92 Å². The third-order valence-electron chi connectivity index (χ3n) is 2.29. The van der Waals surface area contributed by atoms with E-state index in [9.17, 15) is 9.59 Å². The quantitative estimate of drug-likeness (QED) is 0.567. The van der Waals surface area contributed by atoms with Crippen LogP contribution in [0.25, 0.3) is 0 Å². The standard InChI is InChI=1S/C9H14O2/c1-2-8(10)7-5-3-4-6-9(7)11/h7H,2-6H2,1H3/t7-/m1/s1. The molecule has 1 aliphatic rings. The molecular weight excluding hydrogens is 140 g/mol. The van der Waals surface area contributed by atoms with Crippen LogP contribution in [0.15, 0.2) is 0 Å². The highest BCUT2D eigenvalue weighted by molar-refractivity contribution is 6.02. The average molecular weight is 154 g/mol. The van der Waals surface area contributed by atoms with Gasteiger partial charge in [-0.05, 0) is 12.8 Å². The predicted octanol–water partition coefficient (Wildman–Crippen LogP) is 1.72. The molecular formula is C9H14O2. The topological polar surface area (TPSA) is 34.1 Å². The van der Waals surface area contributed by atoms with Crippen molar-refractivity contribution in [2.24, 2.45) is 5.92 Å². The lowest BCUT2D eigenvalue weighted by Gasteiger charge is -2.18. The molecule has 0 N–H and O–H groups in total. The van der Waals surface area contributed by atoms with Crippen LogP contribution in [0, 0.1) is 5.92 Å². The molecule has 0 amide bonds. The van der Waals surface area contributed by atoms with Gasteiger partial charge in [-0.3, -0.25) is 9.59 Å². The van der Waals surface area contributed by atoms with Crippen molar-refractivity contribution in [3.63, 3.8) is 0 Å². The molecule has 0 radical (unpaired) electrons. The second-order valence-corrected chi connectivity index (χ2v) is 3.08. The van der Waals surface area contributed by atoms with Gasteiger partial charge in [0.1, 0.15) is 11.6 Å². The van der Waals surface area contributed by atoms with Crippen LogP contribution in [0.1, 0.15) is 39.0 Å². The van der Waals surface area contributed by atoms with E-state index in [1.165, 1.54) is 0 Å². The largest absolute Gasteiger partial charge is 0.299 e. The SMILES string of the molecule is CCC(=O)[C@H]1CCCCC1=O. The number of hydrogen-bond donors (Lipinski definition) is 0. The van der Waals surface area contributed by atoms with Gasteiger partial charge in [-0.2, -0.15) is 0 Å². The third-order valence-corrected chi connectivity index (χ3v) is 2.29. The minimum Gasteiger partial charge on any atom is -0.299 e. The number of hydrogen-bond acceptors (Lipinski definition) is 2. The van der Waals surface area contributed by atoms with E-state index < -0.39 is 0 Å². The summed E-state index contributed by atoms with van der Waals surface area (Å²) in [7, 11) is 0. The van der Waals surface area contributed by atoms with E-state index in [0.29, 0.717) is 12.8 Å². The van der Waals surface area contributed by atoms with Crippen LogP contribution in [0.2, 0.25) is 0 Å². The smallest absolute Gasteiger partial charge is 0.143 e. The number of rotatable bonds is 2. The second kappa shape index (κ2) is 3.65. The van der Waals surface area contributed by atoms with E-state index in [4.69, 9.17) is 0 Å². The molecule has 62 valence electrons. The maximum Gasteiger partial charge on any atom is 0.143 e. The van der Waals surface area contributed by atoms with Gasteiger partial charge in [0.25, 0.3) is 0 Å². The Kier molecular flexibility index (Phi) is 2.80. The van der Waals surface area contributed by atoms with Crippen LogP contribution in [0.5, 0.6) is 0 Å². The molecule has 11 heavy (non-hydrogen) atoms. The summed E-state index contributed by atoms with van der Waals surface area (Å²) in [5.74, 6) is 0.0616. The number of carbonyl (C=O) groups excluding carboxylic acids is 2. The normalized spacial score (nSPS) is 25.2. The summed E-state index contributed by atoms with van der Waals surface area (Å²) in [5.41, 5.74) is 0. The maximum absolute atomic E-state index is 11.2. The fourth-order valence-corrected chi connectivity index (χ4v) is 1.57. The molecule has 2 heteroatoms. The molecule has 0 unspecified atom stereocenters. The molecule has 0 heterocycles. The third kappa shape index (κ3) is 1.88. The average Bonchev–Trinajstić information content (AvgIpc) is 2.04. The summed E-state index contributed by atoms with van der Waals surface area (Å²) in [6, 6.07) is 0. The molecule has 1 saturated carbocycles. The Morgan fingerprint density at radius 1 is 1.55 bits per heavy atom. The van der Waals surface area contributed by atoms with Crippen LogP contribution < -0.4 is 0 Å². The Bertz CT molecular complexity index is 164. The van der Waals surface area contributed by atoms with Crippen molar-refractivity contribution >= 4 is 11.6 Å². The van der Waals surface area contributed by atoms with Gasteiger partial charge in [-0.1, -0.05) is 13.3 Å². The minimum absolute atomic E-state index is 0.134. The molecule has 2 nitrogen and oxygen atoms in total. The number of Topliss-reactive ketones (excluding diaryl/α,β-unsaturated/α-hetero) is 2. The van der Waals surface area contributed by atoms with E-state index in [0.717, 1.165) is 19.3 Å². The van der Waals surface area contributed by atoms with Gasteiger partial charge in [0.15, 0.2) is 0 Å². The summed E-state index contributed by atoms with van der Waals surface area (Å²) in [6.45, 7) is 1.82. The highest BCUT2D eigenvalue weighted by Crippen LogP contribution is 2.21. The molecule has 1 atom stereocenters. The van der Waals surface area contributed by atoms with Crippen LogP contribution in [-0.4, -0.2) is 11.6 Å². The number of ketones is 2. The zero-order valence-corrected chi connectivity index (χ0v) is 6.93. The molecule has 0 aromatic carbocycles. The molecule has 0 saturated heterocycles. The molecule has 0 bridgehead atoms. The summed E-state index contributed by atoms with van der Waals surface area (Å²) < 4.78 is 0. The first kappa shape index (κ1) is 8.44. The zero-order chi connectivity index (χ0) is 8.27. The summed E-state index contributed by atoms with van der Waals surface area (Å²) in [5, 5.41) is 0. The Morgan fingerprint density at radius 3 is 2.82 bits per heavy atom. The Morgan fingerprint density at radius 2 is 2.27 bits per heavy atom. The van der Waals surface area contributed by atoms with Crippen molar-refractivity contribution in [2.75, 3.05) is 0 Å². The first-order valence-electron chi connectivity index (χ1n) is 4.31. The van der Waals surface area contributed by atoms with Gasteiger partial charge in [-0.15, -0.1) is 0 Å². The van der Waals surface area contributed by atoms with Gasteiger partial charge in [-0.25, -0.2) is 0 Å². The molecule has 0 spiro atoms. The van der Waals surface area contributed by atoms with Crippen molar-refractivity contribution < 1.29 is 9.59 Å². The van der Waals surface area contributed by atoms with Crippen LogP contribution in [-0.2, 0) is 9.59 Å². The highest BCUT2D eigenvalue weighted by atomic mass is 16.1. The van der Waals surface area contributed by atoms with Crippen LogP contribution >= 0.6 is 0 Å². The van der Waals surface area contributed by atoms with E-state index in [-0.39, 0.29) is 17.5 Å². The molecule has 0 aromatic heterocycles. The predicted molar refractivity (Wildman–Crippen MR) is 42.3 cm³/mol. The van der Waals surface area contributed by atoms with Crippen molar-refractivity contribution in [1.29, 1.82) is 0 Å². The lowest BCUT2D eigenvalue weighted by atomic mass is 9.84. The van der Waals surface area contributed by atoms with E-state index in [1.807, 2.05) is 6.92 Å². The minimum atomic E-state index is -0.242. The molecule has 0 aliphatic heterocycles. The van der Waals surface area contributed by atoms with E-state index in [2.05, 4.69) is 0 Å². The van der Waals surface area contributed by atoms with Crippen LogP contribution in [0.4, 0.5) is 0 Å². The fourth-order valence-electron chi connectivity index (χ4n) is 1.57. The van der Waals surface area contributed by atoms with Crippen molar-refractivity contribution in [3.8, 4) is 0 Å². The zero-order valence-electron chi connectivity index (χ0n) is 6.93. The monoisotopic (exact) mass is 154 g/mol. The molecule has 0 aromatic rings. The number of carbonyl (C=O) groups is 2. The highest BCUT2D eigenvalue weighted by Gasteiger charge is 2.26. The first-order valence-corrected chi connectivity index (χ1v) is 4.31. The fraction of sp³-hybridized carbons (Fsp3) is 0.778.